The number of aromatic nitrogens is 3. The molecular formula is C25H23N5O2S2. The summed E-state index contributed by atoms with van der Waals surface area (Å²) in [6, 6.07) is 13.1. The number of aryl methyl sites for hydroxylation is 2. The second kappa shape index (κ2) is 9.90. The van der Waals surface area contributed by atoms with Crippen molar-refractivity contribution in [3.8, 4) is 5.69 Å². The number of thioether (sulfide) groups is 1. The van der Waals surface area contributed by atoms with Gasteiger partial charge in [-0.2, -0.15) is 5.10 Å². The third-order valence-electron chi connectivity index (χ3n) is 5.75. The largest absolute Gasteiger partial charge is 0.272 e. The normalized spacial score (nSPS) is 13.6. The Kier molecular flexibility index (Phi) is 6.55. The lowest BCUT2D eigenvalue weighted by atomic mass is 9.97. The maximum atomic E-state index is 13.7. The highest BCUT2D eigenvalue weighted by molar-refractivity contribution is 7.99. The van der Waals surface area contributed by atoms with Crippen molar-refractivity contribution >= 4 is 44.9 Å². The van der Waals surface area contributed by atoms with E-state index in [1.54, 1.807) is 28.3 Å². The molecule has 1 aliphatic carbocycles. The minimum absolute atomic E-state index is 0.0648. The van der Waals surface area contributed by atoms with Crippen molar-refractivity contribution in [2.24, 2.45) is 5.10 Å². The minimum atomic E-state index is -0.266. The predicted octanol–water partition coefficient (Wildman–Crippen LogP) is 4.35. The molecule has 5 rings (SSSR count). The first kappa shape index (κ1) is 22.5. The molecule has 1 aliphatic rings. The number of nitrogens with zero attached hydrogens (tertiary/aromatic N) is 4. The summed E-state index contributed by atoms with van der Waals surface area (Å²) in [5.41, 5.74) is 6.00. The van der Waals surface area contributed by atoms with Gasteiger partial charge >= 0.3 is 0 Å². The van der Waals surface area contributed by atoms with Crippen LogP contribution in [0.5, 0.6) is 0 Å². The standard InChI is InChI=1S/C25H23N5O2S2/c1-16(17-11-13-26-14-12-17)28-29-21(31)15-33-25-27-23-22(19-9-5-6-10-20(19)34-23)24(32)30(25)18-7-3-2-4-8-18/h2-4,7-8,11-14H,5-6,9-10,15H2,1H3,(H,29,31). The van der Waals surface area contributed by atoms with E-state index in [9.17, 15) is 9.59 Å². The van der Waals surface area contributed by atoms with Gasteiger partial charge < -0.3 is 0 Å². The lowest BCUT2D eigenvalue weighted by molar-refractivity contribution is -0.118. The Bertz CT molecular complexity index is 1430. The summed E-state index contributed by atoms with van der Waals surface area (Å²) in [6.45, 7) is 1.82. The number of carbonyl (C=O) groups excluding carboxylic acids is 1. The van der Waals surface area contributed by atoms with Crippen molar-refractivity contribution in [3.63, 3.8) is 0 Å². The van der Waals surface area contributed by atoms with Crippen molar-refractivity contribution in [3.05, 3.63) is 81.2 Å². The third kappa shape index (κ3) is 4.53. The van der Waals surface area contributed by atoms with Gasteiger partial charge in [0, 0.05) is 22.8 Å². The molecule has 9 heteroatoms. The number of para-hydroxylation sites is 1. The first-order chi connectivity index (χ1) is 16.6. The average Bonchev–Trinajstić information content (AvgIpc) is 3.25. The summed E-state index contributed by atoms with van der Waals surface area (Å²) in [7, 11) is 0. The molecular weight excluding hydrogens is 466 g/mol. The van der Waals surface area contributed by atoms with E-state index >= 15 is 0 Å². The van der Waals surface area contributed by atoms with Gasteiger partial charge in [-0.3, -0.25) is 19.1 Å². The van der Waals surface area contributed by atoms with Crippen LogP contribution in [0.3, 0.4) is 0 Å². The van der Waals surface area contributed by atoms with Gasteiger partial charge in [0.1, 0.15) is 4.83 Å². The van der Waals surface area contributed by atoms with E-state index in [-0.39, 0.29) is 17.2 Å². The SMILES string of the molecule is CC(=NNC(=O)CSc1nc2sc3c(c2c(=O)n1-c1ccccc1)CCCC3)c1ccncc1. The Labute approximate surface area is 205 Å². The smallest absolute Gasteiger partial charge is 0.267 e. The third-order valence-corrected chi connectivity index (χ3v) is 7.88. The van der Waals surface area contributed by atoms with E-state index in [0.717, 1.165) is 52.7 Å². The molecule has 3 aromatic heterocycles. The zero-order valence-corrected chi connectivity index (χ0v) is 20.3. The van der Waals surface area contributed by atoms with Crippen molar-refractivity contribution in [1.29, 1.82) is 0 Å². The molecule has 0 saturated heterocycles. The Hall–Kier alpha value is -3.30. The van der Waals surface area contributed by atoms with Crippen molar-refractivity contribution in [1.82, 2.24) is 20.0 Å². The summed E-state index contributed by atoms with van der Waals surface area (Å²) in [4.78, 5) is 37.1. The molecule has 0 aliphatic heterocycles. The number of fused-ring (bicyclic) bond motifs is 3. The molecule has 0 fully saturated rings. The molecule has 0 bridgehead atoms. The van der Waals surface area contributed by atoms with Gasteiger partial charge in [0.25, 0.3) is 11.5 Å². The van der Waals surface area contributed by atoms with Gasteiger partial charge in [0.15, 0.2) is 5.16 Å². The molecule has 34 heavy (non-hydrogen) atoms. The number of nitrogens with one attached hydrogen (secondary N) is 1. The highest BCUT2D eigenvalue weighted by atomic mass is 32.2. The van der Waals surface area contributed by atoms with Crippen LogP contribution < -0.4 is 11.0 Å². The van der Waals surface area contributed by atoms with E-state index in [4.69, 9.17) is 4.98 Å². The van der Waals surface area contributed by atoms with Crippen LogP contribution in [0.2, 0.25) is 0 Å². The lowest BCUT2D eigenvalue weighted by Gasteiger charge is -2.13. The quantitative estimate of drug-likeness (QED) is 0.188. The average molecular weight is 490 g/mol. The van der Waals surface area contributed by atoms with E-state index in [0.29, 0.717) is 10.9 Å². The fourth-order valence-electron chi connectivity index (χ4n) is 4.05. The molecule has 0 spiro atoms. The van der Waals surface area contributed by atoms with Gasteiger partial charge in [0.2, 0.25) is 0 Å². The molecule has 7 nitrogen and oxygen atoms in total. The number of hydrazone groups is 1. The minimum Gasteiger partial charge on any atom is -0.272 e. The van der Waals surface area contributed by atoms with E-state index in [1.165, 1.54) is 16.6 Å². The zero-order chi connectivity index (χ0) is 23.5. The van der Waals surface area contributed by atoms with Crippen LogP contribution in [0, 0.1) is 0 Å². The van der Waals surface area contributed by atoms with Crippen LogP contribution in [0.1, 0.15) is 35.8 Å². The molecule has 3 heterocycles. The van der Waals surface area contributed by atoms with Crippen molar-refractivity contribution in [2.45, 2.75) is 37.8 Å². The predicted molar refractivity (Wildman–Crippen MR) is 137 cm³/mol. The Morgan fingerprint density at radius 1 is 1.15 bits per heavy atom. The highest BCUT2D eigenvalue weighted by Gasteiger charge is 2.23. The maximum absolute atomic E-state index is 13.7. The first-order valence-electron chi connectivity index (χ1n) is 11.1. The van der Waals surface area contributed by atoms with Crippen LogP contribution in [-0.2, 0) is 17.6 Å². The molecule has 1 N–H and O–H groups in total. The second-order valence-electron chi connectivity index (χ2n) is 8.02. The fourth-order valence-corrected chi connectivity index (χ4v) is 6.16. The molecule has 0 saturated carbocycles. The molecule has 172 valence electrons. The number of hydrogen-bond donors (Lipinski definition) is 1. The molecule has 1 amide bonds. The number of hydrogen-bond acceptors (Lipinski definition) is 7. The van der Waals surface area contributed by atoms with Gasteiger partial charge in [-0.25, -0.2) is 10.4 Å². The monoisotopic (exact) mass is 489 g/mol. The number of rotatable bonds is 6. The van der Waals surface area contributed by atoms with Crippen molar-refractivity contribution in [2.75, 3.05) is 5.75 Å². The summed E-state index contributed by atoms with van der Waals surface area (Å²) >= 11 is 2.85. The Balaban J connectivity index is 1.44. The number of benzene rings is 1. The topological polar surface area (TPSA) is 89.2 Å². The van der Waals surface area contributed by atoms with Crippen LogP contribution in [0.4, 0.5) is 0 Å². The van der Waals surface area contributed by atoms with Crippen LogP contribution in [-0.4, -0.2) is 31.9 Å². The number of amides is 1. The van der Waals surface area contributed by atoms with Gasteiger partial charge in [0.05, 0.1) is 22.5 Å². The van der Waals surface area contributed by atoms with Crippen LogP contribution in [0.25, 0.3) is 15.9 Å². The molecule has 0 unspecified atom stereocenters. The Morgan fingerprint density at radius 3 is 2.71 bits per heavy atom. The molecule has 0 radical (unpaired) electrons. The molecule has 1 aromatic carbocycles. The van der Waals surface area contributed by atoms with Crippen LogP contribution in [0.15, 0.2) is 69.9 Å². The number of pyridine rings is 1. The summed E-state index contributed by atoms with van der Waals surface area (Å²) in [5, 5.41) is 5.43. The Morgan fingerprint density at radius 2 is 1.91 bits per heavy atom. The van der Waals surface area contributed by atoms with E-state index in [1.807, 2.05) is 49.4 Å². The van der Waals surface area contributed by atoms with E-state index in [2.05, 4.69) is 15.5 Å². The molecule has 0 atom stereocenters. The summed E-state index contributed by atoms with van der Waals surface area (Å²) in [5.74, 6) is -0.180. The lowest BCUT2D eigenvalue weighted by Crippen LogP contribution is -2.24. The van der Waals surface area contributed by atoms with Gasteiger partial charge in [-0.15, -0.1) is 11.3 Å². The maximum Gasteiger partial charge on any atom is 0.267 e. The summed E-state index contributed by atoms with van der Waals surface area (Å²) in [6.07, 6.45) is 7.53. The number of carbonyl (C=O) groups is 1. The summed E-state index contributed by atoms with van der Waals surface area (Å²) < 4.78 is 1.63. The van der Waals surface area contributed by atoms with Crippen LogP contribution >= 0.6 is 23.1 Å². The second-order valence-corrected chi connectivity index (χ2v) is 10.0. The highest BCUT2D eigenvalue weighted by Crippen LogP contribution is 2.35. The first-order valence-corrected chi connectivity index (χ1v) is 12.9. The molecule has 4 aromatic rings. The number of thiophene rings is 1. The van der Waals surface area contributed by atoms with Gasteiger partial charge in [-0.1, -0.05) is 30.0 Å². The van der Waals surface area contributed by atoms with Gasteiger partial charge in [-0.05, 0) is 62.4 Å². The van der Waals surface area contributed by atoms with E-state index < -0.39 is 0 Å². The zero-order valence-electron chi connectivity index (χ0n) is 18.7. The van der Waals surface area contributed by atoms with Crippen molar-refractivity contribution < 1.29 is 4.79 Å². The fraction of sp³-hybridized carbons (Fsp3) is 0.240.